The van der Waals surface area contributed by atoms with Crippen LogP contribution in [0.3, 0.4) is 0 Å². The van der Waals surface area contributed by atoms with Gasteiger partial charge in [-0.1, -0.05) is 32.4 Å². The van der Waals surface area contributed by atoms with Gasteiger partial charge in [0.05, 0.1) is 0 Å². The highest BCUT2D eigenvalue weighted by atomic mass is 16.4. The minimum absolute atomic E-state index is 0.0747. The molecule has 1 aliphatic heterocycles. The number of hydrogen-bond acceptors (Lipinski definition) is 4. The van der Waals surface area contributed by atoms with Crippen LogP contribution in [0.4, 0.5) is 5.69 Å². The fourth-order valence-electron chi connectivity index (χ4n) is 3.24. The molecule has 0 spiro atoms. The number of nitrogens with zero attached hydrogens (tertiary/aromatic N) is 2. The van der Waals surface area contributed by atoms with Crippen molar-refractivity contribution >= 4 is 17.6 Å². The summed E-state index contributed by atoms with van der Waals surface area (Å²) in [5.41, 5.74) is 2.51. The number of carbonyl (C=O) groups is 2. The summed E-state index contributed by atoms with van der Waals surface area (Å²) < 4.78 is 0. The molecule has 0 saturated carbocycles. The van der Waals surface area contributed by atoms with E-state index in [-0.39, 0.29) is 11.8 Å². The quantitative estimate of drug-likeness (QED) is 0.742. The second kappa shape index (κ2) is 9.57. The van der Waals surface area contributed by atoms with Gasteiger partial charge in [-0.25, -0.2) is 4.79 Å². The van der Waals surface area contributed by atoms with Crippen molar-refractivity contribution in [3.63, 3.8) is 0 Å². The first kappa shape index (κ1) is 20.2. The summed E-state index contributed by atoms with van der Waals surface area (Å²) in [5, 5.41) is 11.9. The van der Waals surface area contributed by atoms with Gasteiger partial charge in [0.15, 0.2) is 0 Å². The van der Waals surface area contributed by atoms with Crippen molar-refractivity contribution in [3.8, 4) is 0 Å². The first-order chi connectivity index (χ1) is 12.4. The first-order valence-corrected chi connectivity index (χ1v) is 9.46. The molecule has 144 valence electrons. The van der Waals surface area contributed by atoms with Crippen LogP contribution in [0.15, 0.2) is 24.3 Å². The van der Waals surface area contributed by atoms with Crippen LogP contribution in [-0.2, 0) is 9.59 Å². The molecule has 1 saturated heterocycles. The highest BCUT2D eigenvalue weighted by Gasteiger charge is 2.25. The predicted molar refractivity (Wildman–Crippen MR) is 103 cm³/mol. The molecular formula is C20H31N3O3. The van der Waals surface area contributed by atoms with Crippen LogP contribution < -0.4 is 10.2 Å². The molecule has 1 aromatic carbocycles. The number of carboxylic acid groups (broad SMARTS) is 1. The number of piperazine rings is 1. The van der Waals surface area contributed by atoms with Gasteiger partial charge < -0.3 is 15.3 Å². The topological polar surface area (TPSA) is 72.9 Å². The van der Waals surface area contributed by atoms with Crippen LogP contribution in [0.1, 0.15) is 32.3 Å². The number of carboxylic acids is 1. The Morgan fingerprint density at radius 3 is 2.50 bits per heavy atom. The number of hydrogen-bond donors (Lipinski definition) is 2. The van der Waals surface area contributed by atoms with E-state index in [1.54, 1.807) is 0 Å². The van der Waals surface area contributed by atoms with E-state index >= 15 is 0 Å². The summed E-state index contributed by atoms with van der Waals surface area (Å²) in [7, 11) is 0. The molecular weight excluding hydrogens is 330 g/mol. The van der Waals surface area contributed by atoms with Gasteiger partial charge in [0.1, 0.15) is 6.04 Å². The van der Waals surface area contributed by atoms with Crippen LogP contribution in [0.2, 0.25) is 0 Å². The summed E-state index contributed by atoms with van der Waals surface area (Å²) in [4.78, 5) is 28.1. The molecule has 0 unspecified atom stereocenters. The maximum atomic E-state index is 12.1. The van der Waals surface area contributed by atoms with Crippen molar-refractivity contribution in [3.05, 3.63) is 29.8 Å². The molecule has 1 fully saturated rings. The van der Waals surface area contributed by atoms with E-state index in [4.69, 9.17) is 0 Å². The SMILES string of the molecule is CC[C@H](C)[C@H](NC(=O)CCN1CCN(c2cccc(C)c2)CC1)C(=O)O. The number of anilines is 1. The summed E-state index contributed by atoms with van der Waals surface area (Å²) in [6.07, 6.45) is 1.06. The van der Waals surface area contributed by atoms with E-state index in [1.807, 2.05) is 13.8 Å². The van der Waals surface area contributed by atoms with E-state index in [9.17, 15) is 14.7 Å². The fourth-order valence-corrected chi connectivity index (χ4v) is 3.24. The predicted octanol–water partition coefficient (Wildman–Crippen LogP) is 2.12. The van der Waals surface area contributed by atoms with E-state index in [1.165, 1.54) is 11.3 Å². The second-order valence-corrected chi connectivity index (χ2v) is 7.19. The van der Waals surface area contributed by atoms with Crippen LogP contribution in [-0.4, -0.2) is 60.6 Å². The van der Waals surface area contributed by atoms with Crippen molar-refractivity contribution in [2.45, 2.75) is 39.7 Å². The van der Waals surface area contributed by atoms with E-state index in [0.29, 0.717) is 13.0 Å². The Kier molecular flexibility index (Phi) is 7.45. The average Bonchev–Trinajstić information content (AvgIpc) is 2.64. The van der Waals surface area contributed by atoms with E-state index in [0.717, 1.165) is 32.6 Å². The Hall–Kier alpha value is -2.08. The molecule has 0 bridgehead atoms. The van der Waals surface area contributed by atoms with Crippen molar-refractivity contribution in [1.82, 2.24) is 10.2 Å². The van der Waals surface area contributed by atoms with Gasteiger partial charge in [-0.15, -0.1) is 0 Å². The van der Waals surface area contributed by atoms with Crippen LogP contribution >= 0.6 is 0 Å². The van der Waals surface area contributed by atoms with Crippen molar-refractivity contribution in [2.24, 2.45) is 5.92 Å². The van der Waals surface area contributed by atoms with E-state index < -0.39 is 12.0 Å². The average molecular weight is 361 g/mol. The third-order valence-corrected chi connectivity index (χ3v) is 5.19. The second-order valence-electron chi connectivity index (χ2n) is 7.19. The summed E-state index contributed by atoms with van der Waals surface area (Å²) >= 11 is 0. The first-order valence-electron chi connectivity index (χ1n) is 9.46. The number of aliphatic carboxylic acids is 1. The van der Waals surface area contributed by atoms with Gasteiger partial charge in [0.2, 0.25) is 5.91 Å². The number of nitrogens with one attached hydrogen (secondary N) is 1. The number of carbonyl (C=O) groups excluding carboxylic acids is 1. The Morgan fingerprint density at radius 2 is 1.92 bits per heavy atom. The molecule has 26 heavy (non-hydrogen) atoms. The van der Waals surface area contributed by atoms with Gasteiger partial charge in [0.25, 0.3) is 0 Å². The molecule has 0 aliphatic carbocycles. The number of aryl methyl sites for hydroxylation is 1. The molecule has 2 rings (SSSR count). The fraction of sp³-hybridized carbons (Fsp3) is 0.600. The molecule has 1 amide bonds. The number of benzene rings is 1. The highest BCUT2D eigenvalue weighted by molar-refractivity contribution is 5.83. The molecule has 1 aliphatic rings. The van der Waals surface area contributed by atoms with Crippen LogP contribution in [0.5, 0.6) is 0 Å². The Bertz CT molecular complexity index is 612. The molecule has 1 heterocycles. The van der Waals surface area contributed by atoms with Crippen LogP contribution in [0.25, 0.3) is 0 Å². The van der Waals surface area contributed by atoms with Crippen molar-refractivity contribution in [2.75, 3.05) is 37.6 Å². The molecule has 1 aromatic rings. The third-order valence-electron chi connectivity index (χ3n) is 5.19. The zero-order valence-corrected chi connectivity index (χ0v) is 16.1. The minimum Gasteiger partial charge on any atom is -0.480 e. The van der Waals surface area contributed by atoms with Crippen molar-refractivity contribution < 1.29 is 14.7 Å². The lowest BCUT2D eigenvalue weighted by atomic mass is 9.99. The van der Waals surface area contributed by atoms with Crippen molar-refractivity contribution in [1.29, 1.82) is 0 Å². The largest absolute Gasteiger partial charge is 0.480 e. The van der Waals surface area contributed by atoms with Gasteiger partial charge >= 0.3 is 5.97 Å². The minimum atomic E-state index is -0.959. The summed E-state index contributed by atoms with van der Waals surface area (Å²) in [6.45, 7) is 10.3. The zero-order valence-electron chi connectivity index (χ0n) is 16.1. The maximum Gasteiger partial charge on any atom is 0.326 e. The number of rotatable bonds is 8. The third kappa shape index (κ3) is 5.73. The Morgan fingerprint density at radius 1 is 1.23 bits per heavy atom. The lowest BCUT2D eigenvalue weighted by Gasteiger charge is -2.36. The molecule has 0 radical (unpaired) electrons. The zero-order chi connectivity index (χ0) is 19.1. The maximum absolute atomic E-state index is 12.1. The monoisotopic (exact) mass is 361 g/mol. The lowest BCUT2D eigenvalue weighted by Crippen LogP contribution is -2.48. The standard InChI is InChI=1S/C20H31N3O3/c1-4-16(3)19(20(25)26)21-18(24)8-9-22-10-12-23(13-11-22)17-7-5-6-15(2)14-17/h5-7,14,16,19H,4,8-13H2,1-3H3,(H,21,24)(H,25,26)/t16-,19-/m0/s1. The molecule has 6 nitrogen and oxygen atoms in total. The molecule has 2 N–H and O–H groups in total. The van der Waals surface area contributed by atoms with Gasteiger partial charge in [-0.05, 0) is 30.5 Å². The normalized spacial score (nSPS) is 17.6. The Balaban J connectivity index is 1.75. The van der Waals surface area contributed by atoms with Gasteiger partial charge in [-0.3, -0.25) is 9.69 Å². The summed E-state index contributed by atoms with van der Waals surface area (Å²) in [5.74, 6) is -1.22. The van der Waals surface area contributed by atoms with Gasteiger partial charge in [0, 0.05) is 44.8 Å². The van der Waals surface area contributed by atoms with Gasteiger partial charge in [-0.2, -0.15) is 0 Å². The molecule has 0 aromatic heterocycles. The van der Waals surface area contributed by atoms with Crippen LogP contribution in [0, 0.1) is 12.8 Å². The molecule has 2 atom stereocenters. The number of amides is 1. The van der Waals surface area contributed by atoms with E-state index in [2.05, 4.69) is 46.3 Å². The highest BCUT2D eigenvalue weighted by Crippen LogP contribution is 2.17. The molecule has 6 heteroatoms. The smallest absolute Gasteiger partial charge is 0.326 e. The lowest BCUT2D eigenvalue weighted by molar-refractivity contribution is -0.143. The summed E-state index contributed by atoms with van der Waals surface area (Å²) in [6, 6.07) is 7.71. The Labute approximate surface area is 156 Å².